The molecule has 0 spiro atoms. The molecule has 1 aromatic carbocycles. The molecule has 0 aliphatic heterocycles. The summed E-state index contributed by atoms with van der Waals surface area (Å²) in [6, 6.07) is 11.1. The number of nitrogens with one attached hydrogen (secondary N) is 2. The van der Waals surface area contributed by atoms with Crippen molar-refractivity contribution in [3.8, 4) is 0 Å². The Morgan fingerprint density at radius 2 is 1.67 bits per heavy atom. The summed E-state index contributed by atoms with van der Waals surface area (Å²) in [6.07, 6.45) is 5.26. The van der Waals surface area contributed by atoms with E-state index in [0.29, 0.717) is 0 Å². The molecule has 5 nitrogen and oxygen atoms in total. The summed E-state index contributed by atoms with van der Waals surface area (Å²) in [7, 11) is 0. The Kier molecular flexibility index (Phi) is 5.15. The smallest absolute Gasteiger partial charge is 0.237 e. The van der Waals surface area contributed by atoms with Crippen LogP contribution >= 0.6 is 11.8 Å². The van der Waals surface area contributed by atoms with E-state index in [4.69, 9.17) is 0 Å². The molecule has 124 valence electrons. The van der Waals surface area contributed by atoms with Crippen molar-refractivity contribution in [2.45, 2.75) is 29.9 Å². The van der Waals surface area contributed by atoms with Crippen LogP contribution in [-0.2, 0) is 9.59 Å². The number of nitrogens with zero attached hydrogens (tertiary/aromatic N) is 1. The fourth-order valence-electron chi connectivity index (χ4n) is 2.14. The van der Waals surface area contributed by atoms with Crippen molar-refractivity contribution in [1.82, 2.24) is 4.98 Å². The number of anilines is 2. The summed E-state index contributed by atoms with van der Waals surface area (Å²) in [5.74, 6) is 0.230. The van der Waals surface area contributed by atoms with Crippen LogP contribution in [-0.4, -0.2) is 22.0 Å². The molecule has 1 fully saturated rings. The summed E-state index contributed by atoms with van der Waals surface area (Å²) in [5.41, 5.74) is 1.53. The summed E-state index contributed by atoms with van der Waals surface area (Å²) in [4.78, 5) is 28.8. The average Bonchev–Trinajstić information content (AvgIpc) is 3.42. The minimum atomic E-state index is -0.231. The molecular formula is C18H19N3O2S. The number of aromatic nitrogens is 1. The molecule has 0 saturated heterocycles. The van der Waals surface area contributed by atoms with E-state index in [9.17, 15) is 9.59 Å². The third-order valence-electron chi connectivity index (χ3n) is 3.70. The van der Waals surface area contributed by atoms with E-state index in [-0.39, 0.29) is 23.0 Å². The van der Waals surface area contributed by atoms with Gasteiger partial charge in [-0.3, -0.25) is 14.6 Å². The zero-order valence-corrected chi connectivity index (χ0v) is 14.2. The van der Waals surface area contributed by atoms with Gasteiger partial charge in [0.2, 0.25) is 11.8 Å². The fraction of sp³-hybridized carbons (Fsp3) is 0.278. The monoisotopic (exact) mass is 341 g/mol. The highest BCUT2D eigenvalue weighted by atomic mass is 32.2. The van der Waals surface area contributed by atoms with Gasteiger partial charge in [0, 0.05) is 34.6 Å². The normalized spacial score (nSPS) is 14.7. The summed E-state index contributed by atoms with van der Waals surface area (Å²) >= 11 is 1.48. The fourth-order valence-corrected chi connectivity index (χ4v) is 3.01. The molecule has 2 N–H and O–H groups in total. The maximum Gasteiger partial charge on any atom is 0.237 e. The van der Waals surface area contributed by atoms with Crippen LogP contribution in [0.1, 0.15) is 19.8 Å². The molecule has 2 aromatic rings. The van der Waals surface area contributed by atoms with Crippen molar-refractivity contribution in [2.75, 3.05) is 10.6 Å². The molecule has 1 atom stereocenters. The average molecular weight is 341 g/mol. The lowest BCUT2D eigenvalue weighted by atomic mass is 10.3. The number of amides is 2. The number of rotatable bonds is 6. The maximum atomic E-state index is 12.2. The Labute approximate surface area is 145 Å². The molecule has 3 rings (SSSR count). The summed E-state index contributed by atoms with van der Waals surface area (Å²) < 4.78 is 0. The molecule has 2 amide bonds. The second-order valence-electron chi connectivity index (χ2n) is 5.77. The molecule has 6 heteroatoms. The number of hydrogen-bond acceptors (Lipinski definition) is 4. The second kappa shape index (κ2) is 7.49. The first kappa shape index (κ1) is 16.5. The van der Waals surface area contributed by atoms with Crippen LogP contribution in [0.2, 0.25) is 0 Å². The highest BCUT2D eigenvalue weighted by molar-refractivity contribution is 8.00. The topological polar surface area (TPSA) is 71.1 Å². The first-order valence-electron chi connectivity index (χ1n) is 7.90. The minimum absolute atomic E-state index is 0.0580. The predicted molar refractivity (Wildman–Crippen MR) is 96.0 cm³/mol. The standard InChI is InChI=1S/C18H19N3O2S/c1-12(17(22)20-15-8-10-19-11-9-15)24-16-6-4-14(5-7-16)21-18(23)13-2-3-13/h4-13H,2-3H2,1H3,(H,21,23)(H,19,20,22). The minimum Gasteiger partial charge on any atom is -0.326 e. The number of pyridine rings is 1. The van der Waals surface area contributed by atoms with Gasteiger partial charge in [0.25, 0.3) is 0 Å². The second-order valence-corrected chi connectivity index (χ2v) is 7.19. The number of thioether (sulfide) groups is 1. The summed E-state index contributed by atoms with van der Waals surface area (Å²) in [5, 5.41) is 5.54. The lowest BCUT2D eigenvalue weighted by Gasteiger charge is -2.12. The highest BCUT2D eigenvalue weighted by Crippen LogP contribution is 2.31. The van der Waals surface area contributed by atoms with E-state index < -0.39 is 0 Å². The van der Waals surface area contributed by atoms with Crippen LogP contribution in [0, 0.1) is 5.92 Å². The summed E-state index contributed by atoms with van der Waals surface area (Å²) in [6.45, 7) is 1.87. The van der Waals surface area contributed by atoms with Crippen LogP contribution in [0.4, 0.5) is 11.4 Å². The van der Waals surface area contributed by atoms with Gasteiger partial charge in [-0.1, -0.05) is 0 Å². The molecule has 1 unspecified atom stereocenters. The first-order chi connectivity index (χ1) is 11.6. The Balaban J connectivity index is 1.52. The van der Waals surface area contributed by atoms with Gasteiger partial charge in [0.05, 0.1) is 5.25 Å². The van der Waals surface area contributed by atoms with Gasteiger partial charge in [-0.25, -0.2) is 0 Å². The van der Waals surface area contributed by atoms with Gasteiger partial charge < -0.3 is 10.6 Å². The molecule has 0 radical (unpaired) electrons. The van der Waals surface area contributed by atoms with Crippen LogP contribution in [0.5, 0.6) is 0 Å². The third kappa shape index (κ3) is 4.58. The van der Waals surface area contributed by atoms with E-state index in [1.807, 2.05) is 31.2 Å². The Bertz CT molecular complexity index is 715. The first-order valence-corrected chi connectivity index (χ1v) is 8.78. The lowest BCUT2D eigenvalue weighted by molar-refractivity contribution is -0.117. The lowest BCUT2D eigenvalue weighted by Crippen LogP contribution is -2.22. The van der Waals surface area contributed by atoms with Crippen molar-refractivity contribution >= 4 is 35.0 Å². The van der Waals surface area contributed by atoms with Gasteiger partial charge in [-0.05, 0) is 56.2 Å². The molecule has 24 heavy (non-hydrogen) atoms. The zero-order chi connectivity index (χ0) is 16.9. The van der Waals surface area contributed by atoms with E-state index in [1.54, 1.807) is 24.5 Å². The molecule has 0 bridgehead atoms. The Morgan fingerprint density at radius 1 is 1.04 bits per heavy atom. The van der Waals surface area contributed by atoms with Gasteiger partial charge in [0.15, 0.2) is 0 Å². The largest absolute Gasteiger partial charge is 0.326 e. The SMILES string of the molecule is CC(Sc1ccc(NC(=O)C2CC2)cc1)C(=O)Nc1ccncc1. The van der Waals surface area contributed by atoms with E-state index in [2.05, 4.69) is 15.6 Å². The number of benzene rings is 1. The molecule has 1 aromatic heterocycles. The van der Waals surface area contributed by atoms with Crippen molar-refractivity contribution in [2.24, 2.45) is 5.92 Å². The third-order valence-corrected chi connectivity index (χ3v) is 4.81. The number of carbonyl (C=O) groups is 2. The molecule has 1 aliphatic rings. The number of hydrogen-bond donors (Lipinski definition) is 2. The van der Waals surface area contributed by atoms with Crippen LogP contribution in [0.15, 0.2) is 53.7 Å². The van der Waals surface area contributed by atoms with Crippen molar-refractivity contribution in [3.63, 3.8) is 0 Å². The van der Waals surface area contributed by atoms with Gasteiger partial charge >= 0.3 is 0 Å². The van der Waals surface area contributed by atoms with Crippen LogP contribution in [0.25, 0.3) is 0 Å². The Hall–Kier alpha value is -2.34. The number of carbonyl (C=O) groups excluding carboxylic acids is 2. The predicted octanol–water partition coefficient (Wildman–Crippen LogP) is 3.55. The molecule has 1 saturated carbocycles. The zero-order valence-electron chi connectivity index (χ0n) is 13.4. The quantitative estimate of drug-likeness (QED) is 0.788. The maximum absolute atomic E-state index is 12.2. The molecular weight excluding hydrogens is 322 g/mol. The molecule has 1 heterocycles. The van der Waals surface area contributed by atoms with E-state index in [0.717, 1.165) is 29.1 Å². The van der Waals surface area contributed by atoms with Crippen molar-refractivity contribution in [1.29, 1.82) is 0 Å². The van der Waals surface area contributed by atoms with Gasteiger partial charge in [-0.15, -0.1) is 11.8 Å². The van der Waals surface area contributed by atoms with Gasteiger partial charge in [0.1, 0.15) is 0 Å². The Morgan fingerprint density at radius 3 is 2.29 bits per heavy atom. The van der Waals surface area contributed by atoms with Gasteiger partial charge in [-0.2, -0.15) is 0 Å². The van der Waals surface area contributed by atoms with Crippen molar-refractivity contribution in [3.05, 3.63) is 48.8 Å². The van der Waals surface area contributed by atoms with Crippen LogP contribution < -0.4 is 10.6 Å². The van der Waals surface area contributed by atoms with Crippen LogP contribution in [0.3, 0.4) is 0 Å². The molecule has 1 aliphatic carbocycles. The van der Waals surface area contributed by atoms with E-state index >= 15 is 0 Å². The van der Waals surface area contributed by atoms with Crippen molar-refractivity contribution < 1.29 is 9.59 Å². The highest BCUT2D eigenvalue weighted by Gasteiger charge is 2.29. The van der Waals surface area contributed by atoms with E-state index in [1.165, 1.54) is 11.8 Å².